The molecular formula is C20H31N3O2. The molecule has 2 aliphatic heterocycles. The number of nitrogens with zero attached hydrogens (tertiary/aromatic N) is 1. The van der Waals surface area contributed by atoms with Crippen LogP contribution in [0.15, 0.2) is 24.3 Å². The SMILES string of the molecule is CC(C)C1CC(C2CCC(c3ccc(C(=O)O)cc3)N2)NN1C(C)C. The first-order valence-electron chi connectivity index (χ1n) is 9.50. The maximum atomic E-state index is 11.0. The van der Waals surface area contributed by atoms with Crippen LogP contribution in [0.2, 0.25) is 0 Å². The normalized spacial score (nSPS) is 30.5. The molecule has 2 fully saturated rings. The van der Waals surface area contributed by atoms with E-state index in [1.54, 1.807) is 12.1 Å². The van der Waals surface area contributed by atoms with Gasteiger partial charge in [0.1, 0.15) is 0 Å². The summed E-state index contributed by atoms with van der Waals surface area (Å²) >= 11 is 0. The average molecular weight is 345 g/mol. The number of benzene rings is 1. The van der Waals surface area contributed by atoms with Crippen LogP contribution in [-0.2, 0) is 0 Å². The van der Waals surface area contributed by atoms with Gasteiger partial charge in [-0.05, 0) is 56.7 Å². The summed E-state index contributed by atoms with van der Waals surface area (Å²) in [6.45, 7) is 9.11. The van der Waals surface area contributed by atoms with Crippen LogP contribution in [0.1, 0.15) is 68.9 Å². The van der Waals surface area contributed by atoms with Crippen molar-refractivity contribution in [2.45, 2.75) is 77.2 Å². The minimum atomic E-state index is -0.868. The molecule has 1 aromatic carbocycles. The Morgan fingerprint density at radius 2 is 1.80 bits per heavy atom. The van der Waals surface area contributed by atoms with Gasteiger partial charge in [0.05, 0.1) is 5.56 Å². The lowest BCUT2D eigenvalue weighted by atomic mass is 9.94. The molecule has 2 aliphatic rings. The second-order valence-corrected chi connectivity index (χ2v) is 8.11. The number of hydrogen-bond donors (Lipinski definition) is 3. The molecule has 4 unspecified atom stereocenters. The molecule has 138 valence electrons. The zero-order valence-corrected chi connectivity index (χ0v) is 15.7. The molecule has 5 heteroatoms. The largest absolute Gasteiger partial charge is 0.478 e. The Kier molecular flexibility index (Phi) is 5.46. The predicted molar refractivity (Wildman–Crippen MR) is 99.4 cm³/mol. The van der Waals surface area contributed by atoms with Crippen LogP contribution in [-0.4, -0.2) is 40.3 Å². The molecule has 25 heavy (non-hydrogen) atoms. The maximum absolute atomic E-state index is 11.0. The highest BCUT2D eigenvalue weighted by Gasteiger charge is 2.40. The molecule has 0 radical (unpaired) electrons. The topological polar surface area (TPSA) is 64.6 Å². The summed E-state index contributed by atoms with van der Waals surface area (Å²) in [5, 5.41) is 15.3. The van der Waals surface area contributed by atoms with Crippen molar-refractivity contribution in [3.05, 3.63) is 35.4 Å². The molecule has 0 spiro atoms. The molecule has 0 amide bonds. The first-order valence-corrected chi connectivity index (χ1v) is 9.50. The Balaban J connectivity index is 1.64. The van der Waals surface area contributed by atoms with E-state index in [0.29, 0.717) is 41.7 Å². The van der Waals surface area contributed by atoms with Gasteiger partial charge in [-0.15, -0.1) is 0 Å². The molecule has 5 nitrogen and oxygen atoms in total. The van der Waals surface area contributed by atoms with Crippen LogP contribution >= 0.6 is 0 Å². The minimum Gasteiger partial charge on any atom is -0.478 e. The number of hydrogen-bond acceptors (Lipinski definition) is 4. The fraction of sp³-hybridized carbons (Fsp3) is 0.650. The lowest BCUT2D eigenvalue weighted by Gasteiger charge is -2.30. The van der Waals surface area contributed by atoms with E-state index in [9.17, 15) is 4.79 Å². The summed E-state index contributed by atoms with van der Waals surface area (Å²) in [6.07, 6.45) is 3.43. The van der Waals surface area contributed by atoms with Crippen molar-refractivity contribution in [2.24, 2.45) is 5.92 Å². The van der Waals surface area contributed by atoms with Gasteiger partial charge in [0, 0.05) is 30.2 Å². The molecule has 1 aromatic rings. The van der Waals surface area contributed by atoms with Crippen molar-refractivity contribution < 1.29 is 9.90 Å². The molecule has 2 heterocycles. The molecule has 0 aromatic heterocycles. The van der Waals surface area contributed by atoms with Crippen LogP contribution in [0.3, 0.4) is 0 Å². The van der Waals surface area contributed by atoms with Crippen molar-refractivity contribution in [2.75, 3.05) is 0 Å². The van der Waals surface area contributed by atoms with Crippen LogP contribution < -0.4 is 10.7 Å². The molecule has 2 saturated heterocycles. The lowest BCUT2D eigenvalue weighted by molar-refractivity contribution is 0.0697. The van der Waals surface area contributed by atoms with Crippen LogP contribution in [0.25, 0.3) is 0 Å². The highest BCUT2D eigenvalue weighted by Crippen LogP contribution is 2.33. The van der Waals surface area contributed by atoms with Crippen LogP contribution in [0, 0.1) is 5.92 Å². The molecular weight excluding hydrogens is 314 g/mol. The van der Waals surface area contributed by atoms with Gasteiger partial charge < -0.3 is 10.4 Å². The van der Waals surface area contributed by atoms with Gasteiger partial charge in [-0.2, -0.15) is 0 Å². The van der Waals surface area contributed by atoms with E-state index in [1.165, 1.54) is 12.0 Å². The smallest absolute Gasteiger partial charge is 0.335 e. The lowest BCUT2D eigenvalue weighted by Crippen LogP contribution is -2.49. The molecule has 0 aliphatic carbocycles. The fourth-order valence-corrected chi connectivity index (χ4v) is 4.30. The van der Waals surface area contributed by atoms with Gasteiger partial charge in [-0.3, -0.25) is 0 Å². The fourth-order valence-electron chi connectivity index (χ4n) is 4.30. The zero-order valence-electron chi connectivity index (χ0n) is 15.7. The van der Waals surface area contributed by atoms with Gasteiger partial charge in [-0.25, -0.2) is 15.2 Å². The summed E-state index contributed by atoms with van der Waals surface area (Å²) in [5.74, 6) is -0.229. The first-order chi connectivity index (χ1) is 11.9. The number of carboxylic acid groups (broad SMARTS) is 1. The van der Waals surface area contributed by atoms with Crippen molar-refractivity contribution >= 4 is 5.97 Å². The van der Waals surface area contributed by atoms with Gasteiger partial charge in [0.2, 0.25) is 0 Å². The van der Waals surface area contributed by atoms with E-state index in [1.807, 2.05) is 12.1 Å². The first kappa shape index (κ1) is 18.4. The molecule has 0 bridgehead atoms. The third-order valence-electron chi connectivity index (χ3n) is 5.72. The minimum absolute atomic E-state index is 0.320. The van der Waals surface area contributed by atoms with Crippen molar-refractivity contribution in [1.29, 1.82) is 0 Å². The monoisotopic (exact) mass is 345 g/mol. The Bertz CT molecular complexity index is 583. The summed E-state index contributed by atoms with van der Waals surface area (Å²) in [7, 11) is 0. The van der Waals surface area contributed by atoms with Crippen LogP contribution in [0.4, 0.5) is 0 Å². The van der Waals surface area contributed by atoms with E-state index in [-0.39, 0.29) is 0 Å². The van der Waals surface area contributed by atoms with E-state index < -0.39 is 5.97 Å². The number of rotatable bonds is 5. The molecule has 0 saturated carbocycles. The summed E-state index contributed by atoms with van der Waals surface area (Å²) < 4.78 is 0. The van der Waals surface area contributed by atoms with Crippen LogP contribution in [0.5, 0.6) is 0 Å². The average Bonchev–Trinajstić information content (AvgIpc) is 3.22. The van der Waals surface area contributed by atoms with E-state index in [0.717, 1.165) is 12.8 Å². The highest BCUT2D eigenvalue weighted by atomic mass is 16.4. The van der Waals surface area contributed by atoms with Crippen molar-refractivity contribution in [3.8, 4) is 0 Å². The number of carbonyl (C=O) groups is 1. The van der Waals surface area contributed by atoms with Gasteiger partial charge >= 0.3 is 5.97 Å². The Hall–Kier alpha value is -1.43. The van der Waals surface area contributed by atoms with Crippen molar-refractivity contribution in [3.63, 3.8) is 0 Å². The Morgan fingerprint density at radius 1 is 1.12 bits per heavy atom. The predicted octanol–water partition coefficient (Wildman–Crippen LogP) is 3.19. The molecule has 3 rings (SSSR count). The third kappa shape index (κ3) is 3.89. The third-order valence-corrected chi connectivity index (χ3v) is 5.72. The summed E-state index contributed by atoms with van der Waals surface area (Å²) in [4.78, 5) is 11.0. The highest BCUT2D eigenvalue weighted by molar-refractivity contribution is 5.87. The van der Waals surface area contributed by atoms with Gasteiger partial charge in [0.25, 0.3) is 0 Å². The quantitative estimate of drug-likeness (QED) is 0.765. The van der Waals surface area contributed by atoms with Gasteiger partial charge in [-0.1, -0.05) is 26.0 Å². The Labute approximate surface area is 150 Å². The summed E-state index contributed by atoms with van der Waals surface area (Å²) in [5.41, 5.74) is 5.29. The number of hydrazine groups is 1. The molecule has 3 N–H and O–H groups in total. The van der Waals surface area contributed by atoms with Crippen molar-refractivity contribution in [1.82, 2.24) is 15.8 Å². The summed E-state index contributed by atoms with van der Waals surface area (Å²) in [6, 6.07) is 9.64. The zero-order chi connectivity index (χ0) is 18.1. The second kappa shape index (κ2) is 7.44. The standard InChI is InChI=1S/C20H31N3O2/c1-12(2)19-11-18(22-23(19)13(3)4)17-10-9-16(21-17)14-5-7-15(8-6-14)20(24)25/h5-8,12-13,16-19,21-22H,9-11H2,1-4H3,(H,24,25). The Morgan fingerprint density at radius 3 is 2.32 bits per heavy atom. The van der Waals surface area contributed by atoms with Gasteiger partial charge in [0.15, 0.2) is 0 Å². The molecule has 4 atom stereocenters. The second-order valence-electron chi connectivity index (χ2n) is 8.11. The maximum Gasteiger partial charge on any atom is 0.335 e. The van der Waals surface area contributed by atoms with E-state index in [4.69, 9.17) is 5.11 Å². The number of carboxylic acids is 1. The van der Waals surface area contributed by atoms with E-state index in [2.05, 4.69) is 43.4 Å². The number of nitrogens with one attached hydrogen (secondary N) is 2. The number of aromatic carboxylic acids is 1. The van der Waals surface area contributed by atoms with E-state index >= 15 is 0 Å².